The molecule has 0 fully saturated rings. The molecule has 84 valence electrons. The van der Waals surface area contributed by atoms with Crippen LogP contribution in [-0.4, -0.2) is 30.4 Å². The molecule has 1 rings (SSSR count). The van der Waals surface area contributed by atoms with Crippen molar-refractivity contribution in [1.29, 1.82) is 0 Å². The van der Waals surface area contributed by atoms with E-state index in [0.29, 0.717) is 12.4 Å². The number of hydrogen-bond donors (Lipinski definition) is 2. The average Bonchev–Trinajstić information content (AvgIpc) is 2.29. The Hall–Kier alpha value is -1.13. The molecule has 0 spiro atoms. The van der Waals surface area contributed by atoms with Gasteiger partial charge in [0.2, 0.25) is 0 Å². The van der Waals surface area contributed by atoms with E-state index in [4.69, 9.17) is 9.84 Å². The second-order valence-electron chi connectivity index (χ2n) is 3.24. The van der Waals surface area contributed by atoms with Gasteiger partial charge in [-0.05, 0) is 25.6 Å². The Labute approximate surface area is 90.3 Å². The first-order valence-electron chi connectivity index (χ1n) is 5.18. The highest BCUT2D eigenvalue weighted by atomic mass is 16.5. The zero-order chi connectivity index (χ0) is 11.1. The third-order valence-corrected chi connectivity index (χ3v) is 2.23. The number of nitrogens with zero attached hydrogens (tertiary/aromatic N) is 1. The minimum Gasteiger partial charge on any atom is -0.490 e. The monoisotopic (exact) mass is 210 g/mol. The van der Waals surface area contributed by atoms with Crippen molar-refractivity contribution in [3.8, 4) is 5.75 Å². The van der Waals surface area contributed by atoms with Gasteiger partial charge in [-0.25, -0.2) is 0 Å². The predicted octanol–water partition coefficient (Wildman–Crippen LogP) is 1.12. The molecular weight excluding hydrogens is 192 g/mol. The molecule has 0 bridgehead atoms. The van der Waals surface area contributed by atoms with Gasteiger partial charge in [-0.3, -0.25) is 4.98 Å². The van der Waals surface area contributed by atoms with Crippen LogP contribution in [0.4, 0.5) is 0 Å². The van der Waals surface area contributed by atoms with Gasteiger partial charge in [0.25, 0.3) is 0 Å². The molecule has 0 aromatic carbocycles. The van der Waals surface area contributed by atoms with Crippen molar-refractivity contribution in [2.75, 3.05) is 20.3 Å². The smallest absolute Gasteiger partial charge is 0.137 e. The van der Waals surface area contributed by atoms with Crippen LogP contribution in [-0.2, 0) is 0 Å². The van der Waals surface area contributed by atoms with Crippen molar-refractivity contribution in [2.24, 2.45) is 0 Å². The Balaban J connectivity index is 2.62. The molecule has 4 heteroatoms. The van der Waals surface area contributed by atoms with Crippen LogP contribution in [0.3, 0.4) is 0 Å². The number of aliphatic hydroxyl groups is 1. The Morgan fingerprint density at radius 3 is 2.80 bits per heavy atom. The molecule has 0 amide bonds. The molecular formula is C11H18N2O2. The Morgan fingerprint density at radius 1 is 1.53 bits per heavy atom. The molecule has 0 saturated heterocycles. The molecule has 1 aromatic heterocycles. The van der Waals surface area contributed by atoms with Crippen molar-refractivity contribution in [3.05, 3.63) is 24.0 Å². The van der Waals surface area contributed by atoms with Crippen LogP contribution in [0.5, 0.6) is 5.75 Å². The van der Waals surface area contributed by atoms with Gasteiger partial charge in [-0.15, -0.1) is 0 Å². The molecule has 0 saturated carbocycles. The quantitative estimate of drug-likeness (QED) is 0.739. The first-order chi connectivity index (χ1) is 7.31. The average molecular weight is 210 g/mol. The number of aromatic nitrogens is 1. The molecule has 1 aromatic rings. The van der Waals surface area contributed by atoms with E-state index >= 15 is 0 Å². The SMILES string of the molecule is CCC(NC)c1ccc(OCCO)cn1. The second kappa shape index (κ2) is 6.37. The van der Waals surface area contributed by atoms with Crippen LogP contribution in [0.1, 0.15) is 25.1 Å². The van der Waals surface area contributed by atoms with Crippen molar-refractivity contribution < 1.29 is 9.84 Å². The summed E-state index contributed by atoms with van der Waals surface area (Å²) in [6.07, 6.45) is 2.69. The van der Waals surface area contributed by atoms with E-state index in [2.05, 4.69) is 17.2 Å². The molecule has 2 N–H and O–H groups in total. The summed E-state index contributed by atoms with van der Waals surface area (Å²) in [6.45, 7) is 2.44. The molecule has 15 heavy (non-hydrogen) atoms. The highest BCUT2D eigenvalue weighted by molar-refractivity contribution is 5.21. The van der Waals surface area contributed by atoms with Gasteiger partial charge < -0.3 is 15.2 Å². The fourth-order valence-electron chi connectivity index (χ4n) is 1.41. The largest absolute Gasteiger partial charge is 0.490 e. The summed E-state index contributed by atoms with van der Waals surface area (Å²) in [5, 5.41) is 11.8. The Bertz CT molecular complexity index is 270. The van der Waals surface area contributed by atoms with Gasteiger partial charge in [0.1, 0.15) is 12.4 Å². The molecule has 1 atom stereocenters. The molecule has 1 unspecified atom stereocenters. The van der Waals surface area contributed by atoms with Crippen LogP contribution in [0.25, 0.3) is 0 Å². The predicted molar refractivity (Wildman–Crippen MR) is 58.9 cm³/mol. The fraction of sp³-hybridized carbons (Fsp3) is 0.545. The third-order valence-electron chi connectivity index (χ3n) is 2.23. The van der Waals surface area contributed by atoms with E-state index in [1.165, 1.54) is 0 Å². The Kier molecular flexibility index (Phi) is 5.07. The summed E-state index contributed by atoms with van der Waals surface area (Å²) in [6, 6.07) is 4.10. The highest BCUT2D eigenvalue weighted by Gasteiger charge is 2.07. The van der Waals surface area contributed by atoms with Gasteiger partial charge >= 0.3 is 0 Å². The van der Waals surface area contributed by atoms with E-state index in [0.717, 1.165) is 12.1 Å². The minimum absolute atomic E-state index is 0.0237. The van der Waals surface area contributed by atoms with E-state index in [1.807, 2.05) is 19.2 Å². The van der Waals surface area contributed by atoms with Crippen LogP contribution >= 0.6 is 0 Å². The summed E-state index contributed by atoms with van der Waals surface area (Å²) >= 11 is 0. The lowest BCUT2D eigenvalue weighted by atomic mass is 10.1. The molecule has 0 aliphatic rings. The molecule has 0 aliphatic heterocycles. The Morgan fingerprint density at radius 2 is 2.33 bits per heavy atom. The van der Waals surface area contributed by atoms with Crippen LogP contribution in [0.15, 0.2) is 18.3 Å². The molecule has 4 nitrogen and oxygen atoms in total. The summed E-state index contributed by atoms with van der Waals surface area (Å²) < 4.78 is 5.22. The van der Waals surface area contributed by atoms with Gasteiger partial charge in [-0.1, -0.05) is 6.92 Å². The summed E-state index contributed by atoms with van der Waals surface area (Å²) in [4.78, 5) is 4.30. The van der Waals surface area contributed by atoms with E-state index in [1.54, 1.807) is 6.20 Å². The summed E-state index contributed by atoms with van der Waals surface area (Å²) in [5.41, 5.74) is 1.01. The first-order valence-corrected chi connectivity index (χ1v) is 5.18. The fourth-order valence-corrected chi connectivity index (χ4v) is 1.41. The number of rotatable bonds is 6. The lowest BCUT2D eigenvalue weighted by Crippen LogP contribution is -2.16. The number of pyridine rings is 1. The van der Waals surface area contributed by atoms with Crippen molar-refractivity contribution in [3.63, 3.8) is 0 Å². The summed E-state index contributed by atoms with van der Waals surface area (Å²) in [5.74, 6) is 0.693. The van der Waals surface area contributed by atoms with Crippen molar-refractivity contribution in [1.82, 2.24) is 10.3 Å². The van der Waals surface area contributed by atoms with Crippen LogP contribution < -0.4 is 10.1 Å². The molecule has 0 radical (unpaired) electrons. The van der Waals surface area contributed by atoms with Crippen molar-refractivity contribution >= 4 is 0 Å². The van der Waals surface area contributed by atoms with Gasteiger partial charge in [0.15, 0.2) is 0 Å². The lowest BCUT2D eigenvalue weighted by molar-refractivity contribution is 0.201. The maximum absolute atomic E-state index is 8.59. The normalized spacial score (nSPS) is 12.5. The van der Waals surface area contributed by atoms with Gasteiger partial charge in [-0.2, -0.15) is 0 Å². The zero-order valence-corrected chi connectivity index (χ0v) is 9.23. The summed E-state index contributed by atoms with van der Waals surface area (Å²) in [7, 11) is 1.92. The van der Waals surface area contributed by atoms with Crippen LogP contribution in [0.2, 0.25) is 0 Å². The van der Waals surface area contributed by atoms with E-state index < -0.39 is 0 Å². The van der Waals surface area contributed by atoms with E-state index in [-0.39, 0.29) is 12.6 Å². The zero-order valence-electron chi connectivity index (χ0n) is 9.23. The second-order valence-corrected chi connectivity index (χ2v) is 3.24. The maximum Gasteiger partial charge on any atom is 0.137 e. The standard InChI is InChI=1S/C11H18N2O2/c1-3-10(12-2)11-5-4-9(8-13-11)15-7-6-14/h4-5,8,10,12,14H,3,6-7H2,1-2H3. The van der Waals surface area contributed by atoms with Crippen molar-refractivity contribution in [2.45, 2.75) is 19.4 Å². The van der Waals surface area contributed by atoms with E-state index in [9.17, 15) is 0 Å². The molecule has 1 heterocycles. The topological polar surface area (TPSA) is 54.4 Å². The lowest BCUT2D eigenvalue weighted by Gasteiger charge is -2.13. The highest BCUT2D eigenvalue weighted by Crippen LogP contribution is 2.16. The number of hydrogen-bond acceptors (Lipinski definition) is 4. The first kappa shape index (κ1) is 11.9. The van der Waals surface area contributed by atoms with Gasteiger partial charge in [0.05, 0.1) is 18.5 Å². The number of ether oxygens (including phenoxy) is 1. The minimum atomic E-state index is 0.0237. The number of nitrogens with one attached hydrogen (secondary N) is 1. The maximum atomic E-state index is 8.59. The van der Waals surface area contributed by atoms with Gasteiger partial charge in [0, 0.05) is 6.04 Å². The van der Waals surface area contributed by atoms with Crippen LogP contribution in [0, 0.1) is 0 Å². The third kappa shape index (κ3) is 3.49. The number of aliphatic hydroxyl groups excluding tert-OH is 1. The molecule has 0 aliphatic carbocycles.